The zero-order valence-electron chi connectivity index (χ0n) is 11.9. The van der Waals surface area contributed by atoms with Crippen LogP contribution in [0.25, 0.3) is 0 Å². The summed E-state index contributed by atoms with van der Waals surface area (Å²) < 4.78 is 5.19. The Morgan fingerprint density at radius 1 is 1.14 bits per heavy atom. The number of ether oxygens (including phenoxy) is 1. The number of hydrogen-bond acceptors (Lipinski definition) is 4. The fourth-order valence-electron chi connectivity index (χ4n) is 2.00. The van der Waals surface area contributed by atoms with Crippen LogP contribution in [0.2, 0.25) is 0 Å². The first-order valence-electron chi connectivity index (χ1n) is 6.65. The predicted octanol–water partition coefficient (Wildman–Crippen LogP) is 3.26. The van der Waals surface area contributed by atoms with Crippen molar-refractivity contribution in [1.82, 2.24) is 0 Å². The lowest BCUT2D eigenvalue weighted by atomic mass is 10.1. The van der Waals surface area contributed by atoms with Gasteiger partial charge in [-0.15, -0.1) is 0 Å². The summed E-state index contributed by atoms with van der Waals surface area (Å²) in [4.78, 5) is 23.1. The molecule has 6 nitrogen and oxygen atoms in total. The van der Waals surface area contributed by atoms with Gasteiger partial charge >= 0.3 is 12.1 Å². The van der Waals surface area contributed by atoms with Crippen LogP contribution in [-0.2, 0) is 6.42 Å². The van der Waals surface area contributed by atoms with Gasteiger partial charge in [0.15, 0.2) is 0 Å². The summed E-state index contributed by atoms with van der Waals surface area (Å²) in [5.41, 5.74) is 0.432. The average molecular weight is 301 g/mol. The predicted molar refractivity (Wildman–Crippen MR) is 80.5 cm³/mol. The SMILES string of the molecule is CCc1ccccc1OC(=O)Nc1cccc(O)c1C(=O)O. The Kier molecular flexibility index (Phi) is 4.63. The molecule has 114 valence electrons. The maximum absolute atomic E-state index is 11.9. The smallest absolute Gasteiger partial charge is 0.417 e. The molecule has 1 amide bonds. The minimum absolute atomic E-state index is 0.0357. The number of carboxylic acids is 1. The van der Waals surface area contributed by atoms with Crippen LogP contribution in [-0.4, -0.2) is 22.3 Å². The van der Waals surface area contributed by atoms with Crippen LogP contribution < -0.4 is 10.1 Å². The van der Waals surface area contributed by atoms with E-state index in [4.69, 9.17) is 9.84 Å². The number of aromatic hydroxyl groups is 1. The van der Waals surface area contributed by atoms with Crippen LogP contribution in [0.3, 0.4) is 0 Å². The maximum atomic E-state index is 11.9. The molecule has 3 N–H and O–H groups in total. The fraction of sp³-hybridized carbons (Fsp3) is 0.125. The number of aromatic carboxylic acids is 1. The molecule has 22 heavy (non-hydrogen) atoms. The van der Waals surface area contributed by atoms with Gasteiger partial charge in [-0.1, -0.05) is 31.2 Å². The number of nitrogens with one attached hydrogen (secondary N) is 1. The third-order valence-electron chi connectivity index (χ3n) is 3.05. The minimum atomic E-state index is -1.35. The van der Waals surface area contributed by atoms with Gasteiger partial charge in [0.05, 0.1) is 5.69 Å². The average Bonchev–Trinajstić information content (AvgIpc) is 2.47. The second-order valence-corrected chi connectivity index (χ2v) is 4.48. The first-order chi connectivity index (χ1) is 10.5. The molecule has 0 fully saturated rings. The summed E-state index contributed by atoms with van der Waals surface area (Å²) in [6, 6.07) is 11.1. The van der Waals surface area contributed by atoms with Crippen molar-refractivity contribution in [3.8, 4) is 11.5 Å². The van der Waals surface area contributed by atoms with Crippen molar-refractivity contribution in [2.45, 2.75) is 13.3 Å². The number of para-hydroxylation sites is 1. The van der Waals surface area contributed by atoms with E-state index < -0.39 is 17.8 Å². The monoisotopic (exact) mass is 301 g/mol. The summed E-state index contributed by atoms with van der Waals surface area (Å²) in [6.07, 6.45) is -0.135. The Hall–Kier alpha value is -3.02. The van der Waals surface area contributed by atoms with Crippen molar-refractivity contribution >= 4 is 17.7 Å². The molecule has 0 heterocycles. The standard InChI is InChI=1S/C16H15NO5/c1-2-10-6-3-4-9-13(10)22-16(21)17-11-7-5-8-12(18)14(11)15(19)20/h3-9,18H,2H2,1H3,(H,17,21)(H,19,20). The Morgan fingerprint density at radius 3 is 2.55 bits per heavy atom. The van der Waals surface area contributed by atoms with Gasteiger partial charge in [-0.3, -0.25) is 5.32 Å². The first kappa shape index (κ1) is 15.4. The van der Waals surface area contributed by atoms with Gasteiger partial charge in [0.25, 0.3) is 0 Å². The number of rotatable bonds is 4. The highest BCUT2D eigenvalue weighted by molar-refractivity contribution is 6.01. The van der Waals surface area contributed by atoms with E-state index in [1.807, 2.05) is 19.1 Å². The van der Waals surface area contributed by atoms with E-state index in [2.05, 4.69) is 5.32 Å². The molecular weight excluding hydrogens is 286 g/mol. The minimum Gasteiger partial charge on any atom is -0.507 e. The van der Waals surface area contributed by atoms with E-state index in [1.54, 1.807) is 12.1 Å². The van der Waals surface area contributed by atoms with E-state index in [-0.39, 0.29) is 11.3 Å². The molecule has 2 rings (SSSR count). The second kappa shape index (κ2) is 6.62. The van der Waals surface area contributed by atoms with Gasteiger partial charge in [0, 0.05) is 0 Å². The van der Waals surface area contributed by atoms with Crippen molar-refractivity contribution in [1.29, 1.82) is 0 Å². The van der Waals surface area contributed by atoms with Gasteiger partial charge in [0.2, 0.25) is 0 Å². The highest BCUT2D eigenvalue weighted by Gasteiger charge is 2.18. The van der Waals surface area contributed by atoms with Gasteiger partial charge in [0.1, 0.15) is 17.1 Å². The topological polar surface area (TPSA) is 95.9 Å². The lowest BCUT2D eigenvalue weighted by Crippen LogP contribution is -2.19. The molecule has 6 heteroatoms. The van der Waals surface area contributed by atoms with Crippen molar-refractivity contribution in [3.63, 3.8) is 0 Å². The van der Waals surface area contributed by atoms with E-state index in [0.717, 1.165) is 5.56 Å². The van der Waals surface area contributed by atoms with Crippen LogP contribution in [0.5, 0.6) is 11.5 Å². The first-order valence-corrected chi connectivity index (χ1v) is 6.65. The van der Waals surface area contributed by atoms with E-state index >= 15 is 0 Å². The lowest BCUT2D eigenvalue weighted by Gasteiger charge is -2.11. The van der Waals surface area contributed by atoms with Crippen LogP contribution >= 0.6 is 0 Å². The summed E-state index contributed by atoms with van der Waals surface area (Å²) in [5.74, 6) is -1.37. The molecule has 0 spiro atoms. The fourth-order valence-corrected chi connectivity index (χ4v) is 2.00. The van der Waals surface area contributed by atoms with Crippen molar-refractivity contribution in [3.05, 3.63) is 53.6 Å². The van der Waals surface area contributed by atoms with Crippen LogP contribution in [0.15, 0.2) is 42.5 Å². The number of benzene rings is 2. The largest absolute Gasteiger partial charge is 0.507 e. The number of amides is 1. The molecule has 0 bridgehead atoms. The molecule has 0 aromatic heterocycles. The highest BCUT2D eigenvalue weighted by atomic mass is 16.6. The summed E-state index contributed by atoms with van der Waals surface area (Å²) in [5, 5.41) is 21.0. The zero-order valence-corrected chi connectivity index (χ0v) is 11.9. The van der Waals surface area contributed by atoms with E-state index in [0.29, 0.717) is 12.2 Å². The molecule has 0 aliphatic rings. The van der Waals surface area contributed by atoms with Crippen molar-refractivity contribution in [2.75, 3.05) is 5.32 Å². The normalized spacial score (nSPS) is 10.0. The quantitative estimate of drug-likeness (QED) is 0.805. The molecule has 0 atom stereocenters. The van der Waals surface area contributed by atoms with E-state index in [9.17, 15) is 14.7 Å². The molecule has 2 aromatic carbocycles. The highest BCUT2D eigenvalue weighted by Crippen LogP contribution is 2.26. The molecule has 0 saturated carbocycles. The number of phenols is 1. The Labute approximate surface area is 127 Å². The van der Waals surface area contributed by atoms with Gasteiger partial charge in [-0.2, -0.15) is 0 Å². The Bertz CT molecular complexity index is 711. The number of carboxylic acid groups (broad SMARTS) is 1. The zero-order chi connectivity index (χ0) is 16.1. The van der Waals surface area contributed by atoms with Crippen molar-refractivity contribution < 1.29 is 24.5 Å². The molecule has 0 radical (unpaired) electrons. The number of aryl methyl sites for hydroxylation is 1. The van der Waals surface area contributed by atoms with E-state index in [1.165, 1.54) is 18.2 Å². The molecule has 0 saturated heterocycles. The summed E-state index contributed by atoms with van der Waals surface area (Å²) >= 11 is 0. The molecule has 0 aliphatic carbocycles. The summed E-state index contributed by atoms with van der Waals surface area (Å²) in [7, 11) is 0. The number of carbonyl (C=O) groups excluding carboxylic acids is 1. The molecule has 0 unspecified atom stereocenters. The Balaban J connectivity index is 2.20. The maximum Gasteiger partial charge on any atom is 0.417 e. The number of hydrogen-bond donors (Lipinski definition) is 3. The lowest BCUT2D eigenvalue weighted by molar-refractivity contribution is 0.0695. The van der Waals surface area contributed by atoms with Gasteiger partial charge < -0.3 is 14.9 Å². The van der Waals surface area contributed by atoms with Crippen LogP contribution in [0, 0.1) is 0 Å². The number of anilines is 1. The number of carbonyl (C=O) groups is 2. The molecule has 2 aromatic rings. The summed E-state index contributed by atoms with van der Waals surface area (Å²) in [6.45, 7) is 1.93. The van der Waals surface area contributed by atoms with Gasteiger partial charge in [-0.25, -0.2) is 9.59 Å². The van der Waals surface area contributed by atoms with Crippen LogP contribution in [0.1, 0.15) is 22.8 Å². The Morgan fingerprint density at radius 2 is 1.86 bits per heavy atom. The van der Waals surface area contributed by atoms with Crippen LogP contribution in [0.4, 0.5) is 10.5 Å². The molecule has 0 aliphatic heterocycles. The third-order valence-corrected chi connectivity index (χ3v) is 3.05. The molecular formula is C16H15NO5. The third kappa shape index (κ3) is 3.35. The second-order valence-electron chi connectivity index (χ2n) is 4.48. The van der Waals surface area contributed by atoms with Gasteiger partial charge in [-0.05, 0) is 30.2 Å². The van der Waals surface area contributed by atoms with Crippen molar-refractivity contribution in [2.24, 2.45) is 0 Å².